The van der Waals surface area contributed by atoms with Crippen molar-refractivity contribution in [3.8, 4) is 6.07 Å². The van der Waals surface area contributed by atoms with Gasteiger partial charge in [-0.25, -0.2) is 0 Å². The van der Waals surface area contributed by atoms with Gasteiger partial charge in [0.2, 0.25) is 0 Å². The molecule has 2 atom stereocenters. The first-order chi connectivity index (χ1) is 8.93. The summed E-state index contributed by atoms with van der Waals surface area (Å²) >= 11 is 0. The Morgan fingerprint density at radius 2 is 1.89 bits per heavy atom. The van der Waals surface area contributed by atoms with E-state index in [1.54, 1.807) is 12.1 Å². The molecule has 0 fully saturated rings. The van der Waals surface area contributed by atoms with Crippen molar-refractivity contribution >= 4 is 5.97 Å². The van der Waals surface area contributed by atoms with Crippen molar-refractivity contribution in [2.75, 3.05) is 0 Å². The van der Waals surface area contributed by atoms with E-state index < -0.39 is 12.0 Å². The number of hydrogen-bond donors (Lipinski definition) is 2. The molecular weight excluding hydrogens is 240 g/mol. The second-order valence-corrected chi connectivity index (χ2v) is 5.14. The minimum absolute atomic E-state index is 0.0624. The predicted octanol–water partition coefficient (Wildman–Crippen LogP) is 2.71. The fourth-order valence-corrected chi connectivity index (χ4v) is 1.96. The third-order valence-corrected chi connectivity index (χ3v) is 3.00. The second-order valence-electron chi connectivity index (χ2n) is 5.14. The highest BCUT2D eigenvalue weighted by molar-refractivity contribution is 5.73. The standard InChI is InChI=1S/C15H20N2O2/c1-10(2)8-14(15(18)19)17-11(3)13-6-4-12(9-16)5-7-13/h4-7,10-11,14,17H,8H2,1-3H3,(H,18,19). The fraction of sp³-hybridized carbons (Fsp3) is 0.467. The van der Waals surface area contributed by atoms with Crippen molar-refractivity contribution in [3.05, 3.63) is 35.4 Å². The van der Waals surface area contributed by atoms with Gasteiger partial charge < -0.3 is 5.11 Å². The van der Waals surface area contributed by atoms with Gasteiger partial charge in [0, 0.05) is 6.04 Å². The van der Waals surface area contributed by atoms with E-state index >= 15 is 0 Å². The van der Waals surface area contributed by atoms with Crippen LogP contribution >= 0.6 is 0 Å². The van der Waals surface area contributed by atoms with Gasteiger partial charge in [0.15, 0.2) is 0 Å². The quantitative estimate of drug-likeness (QED) is 0.824. The summed E-state index contributed by atoms with van der Waals surface area (Å²) in [5, 5.41) is 21.1. The first-order valence-electron chi connectivity index (χ1n) is 6.43. The molecule has 0 aliphatic carbocycles. The molecule has 0 bridgehead atoms. The molecule has 19 heavy (non-hydrogen) atoms. The van der Waals surface area contributed by atoms with Crippen molar-refractivity contribution in [2.45, 2.75) is 39.3 Å². The van der Waals surface area contributed by atoms with Gasteiger partial charge in [-0.05, 0) is 37.0 Å². The van der Waals surface area contributed by atoms with Crippen LogP contribution in [0.25, 0.3) is 0 Å². The van der Waals surface area contributed by atoms with Crippen LogP contribution in [-0.4, -0.2) is 17.1 Å². The smallest absolute Gasteiger partial charge is 0.320 e. The number of nitrogens with one attached hydrogen (secondary N) is 1. The molecule has 2 unspecified atom stereocenters. The monoisotopic (exact) mass is 260 g/mol. The minimum atomic E-state index is -0.825. The van der Waals surface area contributed by atoms with Gasteiger partial charge in [0.25, 0.3) is 0 Å². The average molecular weight is 260 g/mol. The summed E-state index contributed by atoms with van der Waals surface area (Å²) in [5.41, 5.74) is 1.59. The number of hydrogen-bond acceptors (Lipinski definition) is 3. The van der Waals surface area contributed by atoms with Crippen molar-refractivity contribution < 1.29 is 9.90 Å². The number of nitrogens with zero attached hydrogens (tertiary/aromatic N) is 1. The molecule has 0 aliphatic heterocycles. The highest BCUT2D eigenvalue weighted by Gasteiger charge is 2.21. The molecular formula is C15H20N2O2. The lowest BCUT2D eigenvalue weighted by atomic mass is 10.0. The van der Waals surface area contributed by atoms with Gasteiger partial charge >= 0.3 is 5.97 Å². The van der Waals surface area contributed by atoms with Crippen LogP contribution in [0.3, 0.4) is 0 Å². The second kappa shape index (κ2) is 6.91. The van der Waals surface area contributed by atoms with E-state index in [9.17, 15) is 9.90 Å². The summed E-state index contributed by atoms with van der Waals surface area (Å²) in [6.07, 6.45) is 0.593. The number of aliphatic carboxylic acids is 1. The van der Waals surface area contributed by atoms with Crippen LogP contribution in [0.15, 0.2) is 24.3 Å². The zero-order chi connectivity index (χ0) is 14.4. The van der Waals surface area contributed by atoms with Crippen LogP contribution in [-0.2, 0) is 4.79 Å². The third kappa shape index (κ3) is 4.72. The molecule has 4 heteroatoms. The molecule has 0 saturated carbocycles. The lowest BCUT2D eigenvalue weighted by Crippen LogP contribution is -2.39. The predicted molar refractivity (Wildman–Crippen MR) is 73.6 cm³/mol. The Balaban J connectivity index is 2.73. The lowest BCUT2D eigenvalue weighted by Gasteiger charge is -2.22. The van der Waals surface area contributed by atoms with Crippen LogP contribution in [0.5, 0.6) is 0 Å². The van der Waals surface area contributed by atoms with Gasteiger partial charge in [0.05, 0.1) is 11.6 Å². The Morgan fingerprint density at radius 1 is 1.32 bits per heavy atom. The summed E-state index contributed by atoms with van der Waals surface area (Å²) in [4.78, 5) is 11.2. The van der Waals surface area contributed by atoms with Crippen LogP contribution in [0, 0.1) is 17.2 Å². The molecule has 0 saturated heterocycles. The largest absolute Gasteiger partial charge is 0.480 e. The van der Waals surface area contributed by atoms with Crippen molar-refractivity contribution in [2.24, 2.45) is 5.92 Å². The number of rotatable bonds is 6. The first kappa shape index (κ1) is 15.2. The molecule has 2 N–H and O–H groups in total. The summed E-state index contributed by atoms with van der Waals surface area (Å²) < 4.78 is 0. The van der Waals surface area contributed by atoms with E-state index in [0.717, 1.165) is 5.56 Å². The van der Waals surface area contributed by atoms with Crippen LogP contribution in [0.1, 0.15) is 44.4 Å². The van der Waals surface area contributed by atoms with Crippen LogP contribution in [0.4, 0.5) is 0 Å². The maximum absolute atomic E-state index is 11.2. The number of carboxylic acid groups (broad SMARTS) is 1. The highest BCUT2D eigenvalue weighted by Crippen LogP contribution is 2.16. The molecule has 0 heterocycles. The number of benzene rings is 1. The summed E-state index contributed by atoms with van der Waals surface area (Å²) in [5.74, 6) is -0.504. The van der Waals surface area contributed by atoms with Gasteiger partial charge in [-0.2, -0.15) is 5.26 Å². The van der Waals surface area contributed by atoms with Gasteiger partial charge in [-0.1, -0.05) is 26.0 Å². The minimum Gasteiger partial charge on any atom is -0.480 e. The summed E-state index contributed by atoms with van der Waals surface area (Å²) in [7, 11) is 0. The van der Waals surface area contributed by atoms with E-state index in [2.05, 4.69) is 11.4 Å². The Bertz CT molecular complexity index is 460. The fourth-order valence-electron chi connectivity index (χ4n) is 1.96. The average Bonchev–Trinajstić information content (AvgIpc) is 2.37. The number of carbonyl (C=O) groups is 1. The normalized spacial score (nSPS) is 13.8. The maximum atomic E-state index is 11.2. The Labute approximate surface area is 114 Å². The van der Waals surface area contributed by atoms with Crippen molar-refractivity contribution in [1.82, 2.24) is 5.32 Å². The molecule has 0 aromatic heterocycles. The molecule has 4 nitrogen and oxygen atoms in total. The lowest BCUT2D eigenvalue weighted by molar-refractivity contribution is -0.140. The van der Waals surface area contributed by atoms with Gasteiger partial charge in [-0.3, -0.25) is 10.1 Å². The summed E-state index contributed by atoms with van der Waals surface area (Å²) in [6, 6.07) is 8.64. The van der Waals surface area contributed by atoms with Gasteiger partial charge in [0.1, 0.15) is 6.04 Å². The Kier molecular flexibility index (Phi) is 5.53. The van der Waals surface area contributed by atoms with Gasteiger partial charge in [-0.15, -0.1) is 0 Å². The number of nitriles is 1. The summed E-state index contributed by atoms with van der Waals surface area (Å²) in [6.45, 7) is 5.94. The SMILES string of the molecule is CC(C)CC(NC(C)c1ccc(C#N)cc1)C(=O)O. The van der Waals surface area contributed by atoms with E-state index in [1.807, 2.05) is 32.9 Å². The highest BCUT2D eigenvalue weighted by atomic mass is 16.4. The Hall–Kier alpha value is -1.86. The Morgan fingerprint density at radius 3 is 2.32 bits per heavy atom. The molecule has 1 aromatic carbocycles. The maximum Gasteiger partial charge on any atom is 0.320 e. The van der Waals surface area contributed by atoms with E-state index in [1.165, 1.54) is 0 Å². The zero-order valence-corrected chi connectivity index (χ0v) is 11.6. The third-order valence-electron chi connectivity index (χ3n) is 3.00. The van der Waals surface area contributed by atoms with Crippen molar-refractivity contribution in [1.29, 1.82) is 5.26 Å². The van der Waals surface area contributed by atoms with Crippen molar-refractivity contribution in [3.63, 3.8) is 0 Å². The van der Waals surface area contributed by atoms with Crippen LogP contribution < -0.4 is 5.32 Å². The number of carboxylic acids is 1. The van der Waals surface area contributed by atoms with E-state index in [0.29, 0.717) is 17.9 Å². The molecule has 0 aliphatic rings. The van der Waals surface area contributed by atoms with E-state index in [4.69, 9.17) is 5.26 Å². The first-order valence-corrected chi connectivity index (χ1v) is 6.43. The topological polar surface area (TPSA) is 73.1 Å². The molecule has 1 rings (SSSR count). The zero-order valence-electron chi connectivity index (χ0n) is 11.6. The van der Waals surface area contributed by atoms with E-state index in [-0.39, 0.29) is 6.04 Å². The van der Waals surface area contributed by atoms with Crippen LogP contribution in [0.2, 0.25) is 0 Å². The molecule has 102 valence electrons. The molecule has 0 radical (unpaired) electrons. The molecule has 0 spiro atoms. The molecule has 1 aromatic rings. The molecule has 0 amide bonds.